The van der Waals surface area contributed by atoms with E-state index in [-0.39, 0.29) is 68.6 Å². The number of rotatable bonds is 13. The van der Waals surface area contributed by atoms with Crippen molar-refractivity contribution in [1.29, 1.82) is 0 Å². The molecule has 226 valence electrons. The summed E-state index contributed by atoms with van der Waals surface area (Å²) in [6.45, 7) is -2.84. The van der Waals surface area contributed by atoms with Crippen LogP contribution in [0.1, 0.15) is 40.4 Å². The minimum Gasteiger partial charge on any atom is -0.619 e. The van der Waals surface area contributed by atoms with E-state index in [2.05, 4.69) is 9.46 Å². The fraction of sp³-hybridized carbons (Fsp3) is 0.333. The molecule has 0 aliphatic heterocycles. The van der Waals surface area contributed by atoms with E-state index in [1.165, 1.54) is 43.5 Å². The van der Waals surface area contributed by atoms with Gasteiger partial charge in [0.1, 0.15) is 27.5 Å². The molecule has 0 unspecified atom stereocenters. The number of anilines is 1. The summed E-state index contributed by atoms with van der Waals surface area (Å²) in [5.74, 6) is -0.899. The van der Waals surface area contributed by atoms with Crippen molar-refractivity contribution in [2.24, 2.45) is 5.92 Å². The quantitative estimate of drug-likeness (QED) is 0.146. The number of hydrogen-bond acceptors (Lipinski definition) is 8. The van der Waals surface area contributed by atoms with Gasteiger partial charge in [0.15, 0.2) is 23.9 Å². The van der Waals surface area contributed by atoms with Crippen LogP contribution in [0.2, 0.25) is 10.0 Å². The highest BCUT2D eigenvalue weighted by Crippen LogP contribution is 2.39. The SMILES string of the molecule is COc1cccc(NS(C)(=O)=O)c1C(=O)O[C@@H](Cc1c(Cl)c[n+]([O-])cc1Cl)c1ccc(OC(F)F)c(OCC2CC2)c1. The Morgan fingerprint density at radius 2 is 1.81 bits per heavy atom. The van der Waals surface area contributed by atoms with Crippen molar-refractivity contribution >= 4 is 44.9 Å². The number of hydrogen-bond donors (Lipinski definition) is 1. The molecule has 0 spiro atoms. The summed E-state index contributed by atoms with van der Waals surface area (Å²) < 4.78 is 74.4. The molecule has 1 aliphatic carbocycles. The summed E-state index contributed by atoms with van der Waals surface area (Å²) in [4.78, 5) is 13.6. The van der Waals surface area contributed by atoms with Crippen LogP contribution in [0.25, 0.3) is 0 Å². The number of carbonyl (C=O) groups is 1. The lowest BCUT2D eigenvalue weighted by Gasteiger charge is -2.22. The first-order chi connectivity index (χ1) is 19.8. The summed E-state index contributed by atoms with van der Waals surface area (Å²) in [6, 6.07) is 8.33. The van der Waals surface area contributed by atoms with Crippen LogP contribution in [0.5, 0.6) is 17.2 Å². The van der Waals surface area contributed by atoms with Crippen molar-refractivity contribution < 1.29 is 45.7 Å². The number of benzene rings is 2. The standard InChI is InChI=1S/C27H26Cl2F2N2O8S/c1-38-22-5-3-4-20(32-42(2,36)37)25(22)26(34)40-23(11-17-18(28)12-33(35)13-19(17)29)16-8-9-21(41-27(30)31)24(10-16)39-14-15-6-7-15/h3-5,8-10,12-13,15,23,27,32H,6-7,11,14H2,1-2H3/t23-/m0/s1. The van der Waals surface area contributed by atoms with E-state index in [4.69, 9.17) is 37.4 Å². The predicted molar refractivity (Wildman–Crippen MR) is 150 cm³/mol. The molecule has 1 aliphatic rings. The highest BCUT2D eigenvalue weighted by molar-refractivity contribution is 7.92. The lowest BCUT2D eigenvalue weighted by molar-refractivity contribution is -0.605. The number of sulfonamides is 1. The molecule has 1 saturated carbocycles. The third kappa shape index (κ3) is 8.26. The van der Waals surface area contributed by atoms with Crippen molar-refractivity contribution in [2.75, 3.05) is 24.7 Å². The van der Waals surface area contributed by atoms with E-state index in [1.54, 1.807) is 0 Å². The maximum absolute atomic E-state index is 13.6. The lowest BCUT2D eigenvalue weighted by Crippen LogP contribution is -2.25. The lowest BCUT2D eigenvalue weighted by atomic mass is 10.0. The molecule has 0 bridgehead atoms. The Morgan fingerprint density at radius 1 is 1.12 bits per heavy atom. The molecule has 1 fully saturated rings. The molecule has 1 atom stereocenters. The van der Waals surface area contributed by atoms with Gasteiger partial charge < -0.3 is 24.2 Å². The zero-order valence-electron chi connectivity index (χ0n) is 22.3. The number of carbonyl (C=O) groups excluding carboxylic acids is 1. The van der Waals surface area contributed by atoms with E-state index in [0.29, 0.717) is 4.73 Å². The Labute approximate surface area is 250 Å². The topological polar surface area (TPSA) is 127 Å². The van der Waals surface area contributed by atoms with E-state index < -0.39 is 28.7 Å². The van der Waals surface area contributed by atoms with Crippen molar-refractivity contribution in [3.8, 4) is 17.2 Å². The Morgan fingerprint density at radius 3 is 2.40 bits per heavy atom. The number of nitrogens with zero attached hydrogens (tertiary/aromatic N) is 1. The van der Waals surface area contributed by atoms with Crippen LogP contribution in [-0.4, -0.2) is 41.0 Å². The summed E-state index contributed by atoms with van der Waals surface area (Å²) in [7, 11) is -2.51. The van der Waals surface area contributed by atoms with Crippen LogP contribution in [0.4, 0.5) is 14.5 Å². The monoisotopic (exact) mass is 646 g/mol. The molecule has 1 heterocycles. The molecule has 3 aromatic rings. The molecular formula is C27H26Cl2F2N2O8S. The maximum atomic E-state index is 13.6. The summed E-state index contributed by atoms with van der Waals surface area (Å²) in [5, 5.41) is 11.8. The zero-order valence-corrected chi connectivity index (χ0v) is 24.6. The predicted octanol–water partition coefficient (Wildman–Crippen LogP) is 5.54. The number of pyridine rings is 1. The molecule has 1 N–H and O–H groups in total. The smallest absolute Gasteiger partial charge is 0.387 e. The first-order valence-corrected chi connectivity index (χ1v) is 15.1. The third-order valence-corrected chi connectivity index (χ3v) is 7.41. The first kappa shape index (κ1) is 31.4. The van der Waals surface area contributed by atoms with Crippen LogP contribution >= 0.6 is 23.2 Å². The molecule has 4 rings (SSSR count). The second-order valence-electron chi connectivity index (χ2n) is 9.49. The Hall–Kier alpha value is -3.55. The van der Waals surface area contributed by atoms with Gasteiger partial charge in [0.05, 0.1) is 25.7 Å². The van der Waals surface area contributed by atoms with Gasteiger partial charge in [-0.2, -0.15) is 13.5 Å². The zero-order chi connectivity index (χ0) is 30.6. The van der Waals surface area contributed by atoms with Crippen LogP contribution in [0.15, 0.2) is 48.8 Å². The summed E-state index contributed by atoms with van der Waals surface area (Å²) >= 11 is 12.6. The van der Waals surface area contributed by atoms with Gasteiger partial charge in [-0.25, -0.2) is 13.2 Å². The third-order valence-electron chi connectivity index (χ3n) is 6.17. The minimum absolute atomic E-state index is 0.000119. The number of methoxy groups -OCH3 is 1. The Kier molecular flexibility index (Phi) is 9.85. The molecular weight excluding hydrogens is 621 g/mol. The molecule has 42 heavy (non-hydrogen) atoms. The first-order valence-electron chi connectivity index (χ1n) is 12.5. The van der Waals surface area contributed by atoms with Crippen molar-refractivity contribution in [2.45, 2.75) is 32.0 Å². The van der Waals surface area contributed by atoms with Crippen molar-refractivity contribution in [1.82, 2.24) is 0 Å². The van der Waals surface area contributed by atoms with Gasteiger partial charge in [0.2, 0.25) is 10.0 Å². The van der Waals surface area contributed by atoms with Gasteiger partial charge in [-0.1, -0.05) is 35.3 Å². The molecule has 0 saturated heterocycles. The van der Waals surface area contributed by atoms with Crippen molar-refractivity contribution in [3.05, 3.63) is 80.7 Å². The highest BCUT2D eigenvalue weighted by atomic mass is 35.5. The van der Waals surface area contributed by atoms with Gasteiger partial charge in [0, 0.05) is 12.0 Å². The molecule has 2 aromatic carbocycles. The van der Waals surface area contributed by atoms with Crippen molar-refractivity contribution in [3.63, 3.8) is 0 Å². The van der Waals surface area contributed by atoms with E-state index >= 15 is 0 Å². The Bertz CT molecular complexity index is 1550. The normalized spacial score (nSPS) is 13.9. The Balaban J connectivity index is 1.77. The second kappa shape index (κ2) is 13.2. The van der Waals surface area contributed by atoms with Crippen LogP contribution in [0, 0.1) is 11.1 Å². The van der Waals surface area contributed by atoms with Crippen LogP contribution in [0.3, 0.4) is 0 Å². The molecule has 0 amide bonds. The number of halogens is 4. The van der Waals surface area contributed by atoms with E-state index in [1.807, 2.05) is 0 Å². The number of esters is 1. The number of alkyl halides is 2. The summed E-state index contributed by atoms with van der Waals surface area (Å²) in [6.07, 6.45) is 3.59. The van der Waals surface area contributed by atoms with E-state index in [0.717, 1.165) is 31.5 Å². The number of aromatic nitrogens is 1. The van der Waals surface area contributed by atoms with Gasteiger partial charge in [0.25, 0.3) is 0 Å². The number of ether oxygens (including phenoxy) is 4. The fourth-order valence-corrected chi connectivity index (χ4v) is 5.21. The summed E-state index contributed by atoms with van der Waals surface area (Å²) in [5.41, 5.74) is 0.222. The van der Waals surface area contributed by atoms with Gasteiger partial charge in [-0.15, -0.1) is 0 Å². The van der Waals surface area contributed by atoms with Crippen LogP contribution in [-0.2, 0) is 21.2 Å². The van der Waals surface area contributed by atoms with Gasteiger partial charge in [-0.3, -0.25) is 4.72 Å². The van der Waals surface area contributed by atoms with Gasteiger partial charge >= 0.3 is 12.6 Å². The average molecular weight is 647 g/mol. The fourth-order valence-electron chi connectivity index (χ4n) is 4.05. The van der Waals surface area contributed by atoms with E-state index in [9.17, 15) is 27.2 Å². The average Bonchev–Trinajstić information content (AvgIpc) is 3.72. The maximum Gasteiger partial charge on any atom is 0.387 e. The molecule has 0 radical (unpaired) electrons. The molecule has 15 heteroatoms. The molecule has 1 aromatic heterocycles. The number of nitrogens with one attached hydrogen (secondary N) is 1. The van der Waals surface area contributed by atoms with Gasteiger partial charge in [-0.05, 0) is 48.6 Å². The molecule has 10 nitrogen and oxygen atoms in total. The van der Waals surface area contributed by atoms with Crippen LogP contribution < -0.4 is 23.7 Å². The second-order valence-corrected chi connectivity index (χ2v) is 12.0. The minimum atomic E-state index is -3.80. The largest absolute Gasteiger partial charge is 0.619 e. The highest BCUT2D eigenvalue weighted by Gasteiger charge is 2.29.